The van der Waals surface area contributed by atoms with Crippen LogP contribution in [0.25, 0.3) is 0 Å². The number of ether oxygens (including phenoxy) is 1. The number of hydrogen-bond donors (Lipinski definition) is 2. The summed E-state index contributed by atoms with van der Waals surface area (Å²) in [6.45, 7) is 4.93. The Morgan fingerprint density at radius 2 is 2.20 bits per heavy atom. The molecule has 2 rings (SSSR count). The molecule has 3 N–H and O–H groups in total. The number of nitrogens with two attached hydrogens (primary N) is 1. The largest absolute Gasteiger partial charge is 0.382 e. The smallest absolute Gasteiger partial charge is 0.272 e. The molecular weight excluding hydrogens is 256 g/mol. The summed E-state index contributed by atoms with van der Waals surface area (Å²) in [4.78, 5) is 12.1. The van der Waals surface area contributed by atoms with Crippen LogP contribution >= 0.6 is 0 Å². The number of nitrogens with zero attached hydrogens (tertiary/aromatic N) is 2. The summed E-state index contributed by atoms with van der Waals surface area (Å²) in [5.74, 6) is 0.106. The molecule has 6 nitrogen and oxygen atoms in total. The summed E-state index contributed by atoms with van der Waals surface area (Å²) in [5.41, 5.74) is 5.65. The molecule has 1 aromatic rings. The van der Waals surface area contributed by atoms with E-state index in [9.17, 15) is 4.79 Å². The van der Waals surface area contributed by atoms with Crippen LogP contribution in [-0.4, -0.2) is 34.4 Å². The van der Waals surface area contributed by atoms with Crippen LogP contribution in [0.5, 0.6) is 0 Å². The van der Waals surface area contributed by atoms with Gasteiger partial charge in [-0.05, 0) is 37.8 Å². The lowest BCUT2D eigenvalue weighted by Crippen LogP contribution is -2.48. The SMILES string of the molecule is CCC1(CC)CC(NC(=O)c2ccc(N)nn2)CCO1. The van der Waals surface area contributed by atoms with E-state index in [0.717, 1.165) is 25.7 Å². The summed E-state index contributed by atoms with van der Waals surface area (Å²) >= 11 is 0. The molecule has 0 aromatic carbocycles. The van der Waals surface area contributed by atoms with E-state index >= 15 is 0 Å². The molecule has 0 spiro atoms. The van der Waals surface area contributed by atoms with E-state index in [1.165, 1.54) is 0 Å². The van der Waals surface area contributed by atoms with Gasteiger partial charge in [-0.2, -0.15) is 0 Å². The van der Waals surface area contributed by atoms with Crippen LogP contribution in [0.15, 0.2) is 12.1 Å². The first-order valence-electron chi connectivity index (χ1n) is 7.12. The zero-order valence-electron chi connectivity index (χ0n) is 12.1. The van der Waals surface area contributed by atoms with E-state index in [1.807, 2.05) is 0 Å². The molecular formula is C14H22N4O2. The third-order valence-electron chi connectivity index (χ3n) is 4.03. The van der Waals surface area contributed by atoms with Crippen molar-refractivity contribution in [2.45, 2.75) is 51.2 Å². The van der Waals surface area contributed by atoms with E-state index < -0.39 is 0 Å². The van der Waals surface area contributed by atoms with E-state index in [4.69, 9.17) is 10.5 Å². The summed E-state index contributed by atoms with van der Waals surface area (Å²) in [5, 5.41) is 10.5. The number of anilines is 1. The van der Waals surface area contributed by atoms with Gasteiger partial charge in [-0.3, -0.25) is 4.79 Å². The van der Waals surface area contributed by atoms with Crippen LogP contribution in [0.4, 0.5) is 5.82 Å². The second-order valence-corrected chi connectivity index (χ2v) is 5.25. The highest BCUT2D eigenvalue weighted by Gasteiger charge is 2.35. The number of hydrogen-bond acceptors (Lipinski definition) is 5. The van der Waals surface area contributed by atoms with Crippen molar-refractivity contribution in [2.75, 3.05) is 12.3 Å². The summed E-state index contributed by atoms with van der Waals surface area (Å²) in [7, 11) is 0. The molecule has 1 atom stereocenters. The summed E-state index contributed by atoms with van der Waals surface area (Å²) in [6.07, 6.45) is 3.58. The Bertz CT molecular complexity index is 457. The molecule has 2 heterocycles. The second kappa shape index (κ2) is 6.17. The normalized spacial score (nSPS) is 21.4. The zero-order chi connectivity index (χ0) is 14.6. The second-order valence-electron chi connectivity index (χ2n) is 5.25. The Balaban J connectivity index is 1.99. The Kier molecular flexibility index (Phi) is 4.54. The molecule has 0 bridgehead atoms. The van der Waals surface area contributed by atoms with Crippen molar-refractivity contribution in [3.63, 3.8) is 0 Å². The Morgan fingerprint density at radius 1 is 1.45 bits per heavy atom. The quantitative estimate of drug-likeness (QED) is 0.871. The first kappa shape index (κ1) is 14.7. The first-order valence-corrected chi connectivity index (χ1v) is 7.12. The summed E-state index contributed by atoms with van der Waals surface area (Å²) in [6, 6.07) is 3.29. The maximum atomic E-state index is 12.1. The van der Waals surface area contributed by atoms with Gasteiger partial charge < -0.3 is 15.8 Å². The number of amides is 1. The Hall–Kier alpha value is -1.69. The zero-order valence-corrected chi connectivity index (χ0v) is 12.1. The number of nitrogens with one attached hydrogen (secondary N) is 1. The lowest BCUT2D eigenvalue weighted by molar-refractivity contribution is -0.0918. The van der Waals surface area contributed by atoms with Crippen molar-refractivity contribution in [1.29, 1.82) is 0 Å². The minimum Gasteiger partial charge on any atom is -0.382 e. The molecule has 1 amide bonds. The fraction of sp³-hybridized carbons (Fsp3) is 0.643. The fourth-order valence-corrected chi connectivity index (χ4v) is 2.62. The monoisotopic (exact) mass is 278 g/mol. The van der Waals surface area contributed by atoms with Crippen LogP contribution in [0, 0.1) is 0 Å². The van der Waals surface area contributed by atoms with Crippen molar-refractivity contribution in [2.24, 2.45) is 0 Å². The van der Waals surface area contributed by atoms with Crippen LogP contribution < -0.4 is 11.1 Å². The maximum Gasteiger partial charge on any atom is 0.272 e. The Morgan fingerprint density at radius 3 is 2.80 bits per heavy atom. The number of carbonyl (C=O) groups excluding carboxylic acids is 1. The Labute approximate surface area is 119 Å². The van der Waals surface area contributed by atoms with Gasteiger partial charge in [0.15, 0.2) is 5.69 Å². The van der Waals surface area contributed by atoms with Gasteiger partial charge in [0.1, 0.15) is 5.82 Å². The van der Waals surface area contributed by atoms with Gasteiger partial charge in [-0.1, -0.05) is 13.8 Å². The molecule has 1 aliphatic heterocycles. The van der Waals surface area contributed by atoms with Gasteiger partial charge in [-0.25, -0.2) is 0 Å². The van der Waals surface area contributed by atoms with Gasteiger partial charge in [-0.15, -0.1) is 10.2 Å². The molecule has 1 aromatic heterocycles. The minimum atomic E-state index is -0.203. The highest BCUT2D eigenvalue weighted by molar-refractivity contribution is 5.92. The topological polar surface area (TPSA) is 90.1 Å². The molecule has 6 heteroatoms. The molecule has 110 valence electrons. The van der Waals surface area contributed by atoms with Crippen LogP contribution in [-0.2, 0) is 4.74 Å². The standard InChI is InChI=1S/C14H22N4O2/c1-3-14(4-2)9-10(7-8-20-14)16-13(19)11-5-6-12(15)18-17-11/h5-6,10H,3-4,7-9H2,1-2H3,(H2,15,18)(H,16,19). The van der Waals surface area contributed by atoms with Crippen molar-refractivity contribution < 1.29 is 9.53 Å². The highest BCUT2D eigenvalue weighted by Crippen LogP contribution is 2.31. The molecule has 1 unspecified atom stereocenters. The van der Waals surface area contributed by atoms with E-state index in [1.54, 1.807) is 12.1 Å². The molecule has 1 saturated heterocycles. The van der Waals surface area contributed by atoms with E-state index in [0.29, 0.717) is 18.1 Å². The molecule has 20 heavy (non-hydrogen) atoms. The minimum absolute atomic E-state index is 0.108. The van der Waals surface area contributed by atoms with Gasteiger partial charge >= 0.3 is 0 Å². The molecule has 0 saturated carbocycles. The van der Waals surface area contributed by atoms with E-state index in [-0.39, 0.29) is 17.6 Å². The predicted molar refractivity (Wildman–Crippen MR) is 76.2 cm³/mol. The molecule has 1 fully saturated rings. The first-order chi connectivity index (χ1) is 9.58. The van der Waals surface area contributed by atoms with Crippen LogP contribution in [0.3, 0.4) is 0 Å². The predicted octanol–water partition coefficient (Wildman–Crippen LogP) is 1.53. The average Bonchev–Trinajstić information content (AvgIpc) is 2.48. The number of rotatable bonds is 4. The van der Waals surface area contributed by atoms with Crippen LogP contribution in [0.2, 0.25) is 0 Å². The highest BCUT2D eigenvalue weighted by atomic mass is 16.5. The maximum absolute atomic E-state index is 12.1. The number of carbonyl (C=O) groups is 1. The molecule has 0 aliphatic carbocycles. The fourth-order valence-electron chi connectivity index (χ4n) is 2.62. The van der Waals surface area contributed by atoms with Crippen molar-refractivity contribution in [3.8, 4) is 0 Å². The third-order valence-corrected chi connectivity index (χ3v) is 4.03. The number of aromatic nitrogens is 2. The molecule has 0 radical (unpaired) electrons. The third kappa shape index (κ3) is 3.25. The van der Waals surface area contributed by atoms with Crippen molar-refractivity contribution in [3.05, 3.63) is 17.8 Å². The number of nitrogen functional groups attached to an aromatic ring is 1. The van der Waals surface area contributed by atoms with Gasteiger partial charge in [0.25, 0.3) is 5.91 Å². The van der Waals surface area contributed by atoms with Gasteiger partial charge in [0.2, 0.25) is 0 Å². The van der Waals surface area contributed by atoms with Gasteiger partial charge in [0, 0.05) is 12.6 Å². The van der Waals surface area contributed by atoms with E-state index in [2.05, 4.69) is 29.4 Å². The average molecular weight is 278 g/mol. The lowest BCUT2D eigenvalue weighted by Gasteiger charge is -2.40. The summed E-state index contributed by atoms with van der Waals surface area (Å²) < 4.78 is 5.90. The van der Waals surface area contributed by atoms with Gasteiger partial charge in [0.05, 0.1) is 5.60 Å². The van der Waals surface area contributed by atoms with Crippen molar-refractivity contribution >= 4 is 11.7 Å². The lowest BCUT2D eigenvalue weighted by atomic mass is 9.86. The van der Waals surface area contributed by atoms with Crippen LogP contribution in [0.1, 0.15) is 50.0 Å². The molecule has 1 aliphatic rings. The van der Waals surface area contributed by atoms with Crippen molar-refractivity contribution in [1.82, 2.24) is 15.5 Å².